The molecule has 1 amide bonds. The SMILES string of the molecule is CC[C@H](C(=O)Nc1ccccc1Br)n1nnc2ccccc2c1=O. The van der Waals surface area contributed by atoms with Crippen LogP contribution in [0.5, 0.6) is 0 Å². The number of nitrogens with zero attached hydrogens (tertiary/aromatic N) is 3. The average molecular weight is 387 g/mol. The average Bonchev–Trinajstić information content (AvgIpc) is 2.60. The van der Waals surface area contributed by atoms with Crippen LogP contribution in [0, 0.1) is 0 Å². The molecule has 1 atom stereocenters. The Hall–Kier alpha value is -2.54. The van der Waals surface area contributed by atoms with Crippen LogP contribution in [0.3, 0.4) is 0 Å². The summed E-state index contributed by atoms with van der Waals surface area (Å²) in [6.07, 6.45) is 0.420. The maximum Gasteiger partial charge on any atom is 0.278 e. The molecule has 7 heteroatoms. The van der Waals surface area contributed by atoms with Gasteiger partial charge in [0.1, 0.15) is 11.6 Å². The summed E-state index contributed by atoms with van der Waals surface area (Å²) in [5, 5.41) is 11.3. The standard InChI is InChI=1S/C17H15BrN4O2/c1-2-15(16(23)19-14-10-6-4-8-12(14)18)22-17(24)11-7-3-5-9-13(11)20-21-22/h3-10,15H,2H2,1H3,(H,19,23)/t15-/m1/s1. The van der Waals surface area contributed by atoms with Crippen molar-refractivity contribution >= 4 is 38.4 Å². The minimum Gasteiger partial charge on any atom is -0.323 e. The third-order valence-electron chi connectivity index (χ3n) is 3.71. The van der Waals surface area contributed by atoms with Crippen LogP contribution >= 0.6 is 15.9 Å². The molecule has 0 unspecified atom stereocenters. The fourth-order valence-corrected chi connectivity index (χ4v) is 2.84. The Morgan fingerprint density at radius 1 is 1.21 bits per heavy atom. The Kier molecular flexibility index (Phi) is 4.71. The zero-order valence-corrected chi connectivity index (χ0v) is 14.5. The third kappa shape index (κ3) is 3.07. The number of fused-ring (bicyclic) bond motifs is 1. The maximum absolute atomic E-state index is 12.6. The summed E-state index contributed by atoms with van der Waals surface area (Å²) in [4.78, 5) is 25.2. The van der Waals surface area contributed by atoms with Gasteiger partial charge in [-0.05, 0) is 46.6 Å². The second-order valence-electron chi connectivity index (χ2n) is 5.25. The van der Waals surface area contributed by atoms with Crippen LogP contribution in [-0.4, -0.2) is 20.9 Å². The maximum atomic E-state index is 12.6. The molecule has 2 aromatic carbocycles. The zero-order chi connectivity index (χ0) is 17.1. The van der Waals surface area contributed by atoms with E-state index in [-0.39, 0.29) is 11.5 Å². The van der Waals surface area contributed by atoms with Gasteiger partial charge in [-0.3, -0.25) is 9.59 Å². The number of nitrogens with one attached hydrogen (secondary N) is 1. The Balaban J connectivity index is 1.97. The number of rotatable bonds is 4. The van der Waals surface area contributed by atoms with Crippen molar-refractivity contribution in [2.24, 2.45) is 0 Å². The number of para-hydroxylation sites is 1. The van der Waals surface area contributed by atoms with Gasteiger partial charge in [-0.15, -0.1) is 5.10 Å². The number of aromatic nitrogens is 3. The second kappa shape index (κ2) is 6.92. The van der Waals surface area contributed by atoms with E-state index < -0.39 is 6.04 Å². The highest BCUT2D eigenvalue weighted by molar-refractivity contribution is 9.10. The van der Waals surface area contributed by atoms with E-state index in [2.05, 4.69) is 31.6 Å². The van der Waals surface area contributed by atoms with Crippen LogP contribution in [0.1, 0.15) is 19.4 Å². The van der Waals surface area contributed by atoms with Crippen LogP contribution < -0.4 is 10.9 Å². The molecule has 0 bridgehead atoms. The van der Waals surface area contributed by atoms with Crippen LogP contribution in [0.25, 0.3) is 10.9 Å². The summed E-state index contributed by atoms with van der Waals surface area (Å²) in [6.45, 7) is 1.83. The third-order valence-corrected chi connectivity index (χ3v) is 4.40. The first-order valence-electron chi connectivity index (χ1n) is 7.51. The van der Waals surface area contributed by atoms with E-state index in [1.54, 1.807) is 30.3 Å². The summed E-state index contributed by atoms with van der Waals surface area (Å²) in [5.74, 6) is -0.309. The molecule has 1 aromatic heterocycles. The molecule has 24 heavy (non-hydrogen) atoms. The molecule has 3 rings (SSSR count). The molecule has 0 saturated carbocycles. The van der Waals surface area contributed by atoms with Gasteiger partial charge in [-0.2, -0.15) is 4.68 Å². The van der Waals surface area contributed by atoms with Gasteiger partial charge in [-0.1, -0.05) is 36.4 Å². The van der Waals surface area contributed by atoms with Gasteiger partial charge in [-0.25, -0.2) is 0 Å². The van der Waals surface area contributed by atoms with Crippen molar-refractivity contribution in [1.82, 2.24) is 15.0 Å². The van der Waals surface area contributed by atoms with Crippen molar-refractivity contribution in [3.05, 3.63) is 63.4 Å². The molecule has 0 aliphatic carbocycles. The number of hydrogen-bond donors (Lipinski definition) is 1. The summed E-state index contributed by atoms with van der Waals surface area (Å²) in [7, 11) is 0. The van der Waals surface area contributed by atoms with Gasteiger partial charge in [0.15, 0.2) is 0 Å². The smallest absolute Gasteiger partial charge is 0.278 e. The molecule has 122 valence electrons. The predicted octanol–water partition coefficient (Wildman–Crippen LogP) is 3.14. The van der Waals surface area contributed by atoms with Gasteiger partial charge in [0.25, 0.3) is 5.56 Å². The molecule has 0 radical (unpaired) electrons. The zero-order valence-electron chi connectivity index (χ0n) is 12.9. The summed E-state index contributed by atoms with van der Waals surface area (Å²) in [5.41, 5.74) is 0.831. The van der Waals surface area contributed by atoms with E-state index in [1.165, 1.54) is 0 Å². The number of carbonyl (C=O) groups excluding carboxylic acids is 1. The lowest BCUT2D eigenvalue weighted by molar-refractivity contribution is -0.119. The molecule has 0 aliphatic heterocycles. The molecular weight excluding hydrogens is 372 g/mol. The normalized spacial score (nSPS) is 12.1. The second-order valence-corrected chi connectivity index (χ2v) is 6.10. The van der Waals surface area contributed by atoms with Crippen LogP contribution in [0.4, 0.5) is 5.69 Å². The molecule has 6 nitrogen and oxygen atoms in total. The van der Waals surface area contributed by atoms with Crippen molar-refractivity contribution in [3.63, 3.8) is 0 Å². The van der Waals surface area contributed by atoms with Crippen LogP contribution in [0.2, 0.25) is 0 Å². The van der Waals surface area contributed by atoms with Crippen molar-refractivity contribution in [3.8, 4) is 0 Å². The first-order valence-corrected chi connectivity index (χ1v) is 8.30. The minimum atomic E-state index is -0.735. The fourth-order valence-electron chi connectivity index (χ4n) is 2.45. The number of hydrogen-bond acceptors (Lipinski definition) is 4. The van der Waals surface area contributed by atoms with E-state index in [1.807, 2.05) is 25.1 Å². The highest BCUT2D eigenvalue weighted by Crippen LogP contribution is 2.22. The van der Waals surface area contributed by atoms with Crippen molar-refractivity contribution in [2.75, 3.05) is 5.32 Å². The lowest BCUT2D eigenvalue weighted by Crippen LogP contribution is -2.35. The molecule has 1 heterocycles. The Morgan fingerprint density at radius 3 is 2.67 bits per heavy atom. The topological polar surface area (TPSA) is 76.9 Å². The monoisotopic (exact) mass is 386 g/mol. The highest BCUT2D eigenvalue weighted by Gasteiger charge is 2.22. The number of halogens is 1. The molecule has 1 N–H and O–H groups in total. The van der Waals surface area contributed by atoms with E-state index in [0.29, 0.717) is 23.0 Å². The van der Waals surface area contributed by atoms with Crippen LogP contribution in [0.15, 0.2) is 57.8 Å². The quantitative estimate of drug-likeness (QED) is 0.746. The summed E-state index contributed by atoms with van der Waals surface area (Å²) >= 11 is 3.39. The van der Waals surface area contributed by atoms with Gasteiger partial charge in [0.05, 0.1) is 11.1 Å². The molecule has 0 saturated heterocycles. The predicted molar refractivity (Wildman–Crippen MR) is 95.9 cm³/mol. The molecule has 0 spiro atoms. The van der Waals surface area contributed by atoms with E-state index in [4.69, 9.17) is 0 Å². The first kappa shape index (κ1) is 16.3. The highest BCUT2D eigenvalue weighted by atomic mass is 79.9. The number of carbonyl (C=O) groups is 1. The van der Waals surface area contributed by atoms with Crippen molar-refractivity contribution in [2.45, 2.75) is 19.4 Å². The van der Waals surface area contributed by atoms with Crippen molar-refractivity contribution in [1.29, 1.82) is 0 Å². The van der Waals surface area contributed by atoms with E-state index in [0.717, 1.165) is 9.15 Å². The Bertz CT molecular complexity index is 954. The molecular formula is C17H15BrN4O2. The van der Waals surface area contributed by atoms with Gasteiger partial charge in [0.2, 0.25) is 5.91 Å². The van der Waals surface area contributed by atoms with Crippen LogP contribution in [-0.2, 0) is 4.79 Å². The van der Waals surface area contributed by atoms with Gasteiger partial charge >= 0.3 is 0 Å². The molecule has 0 fully saturated rings. The minimum absolute atomic E-state index is 0.309. The summed E-state index contributed by atoms with van der Waals surface area (Å²) < 4.78 is 1.92. The lowest BCUT2D eigenvalue weighted by atomic mass is 10.2. The van der Waals surface area contributed by atoms with Gasteiger partial charge in [0, 0.05) is 4.47 Å². The lowest BCUT2D eigenvalue weighted by Gasteiger charge is -2.17. The van der Waals surface area contributed by atoms with Gasteiger partial charge < -0.3 is 5.32 Å². The van der Waals surface area contributed by atoms with E-state index >= 15 is 0 Å². The largest absolute Gasteiger partial charge is 0.323 e. The Labute approximate surface area is 146 Å². The number of benzene rings is 2. The Morgan fingerprint density at radius 2 is 1.92 bits per heavy atom. The number of amides is 1. The first-order chi connectivity index (χ1) is 11.6. The number of anilines is 1. The molecule has 3 aromatic rings. The van der Waals surface area contributed by atoms with Crippen molar-refractivity contribution < 1.29 is 4.79 Å². The molecule has 0 aliphatic rings. The summed E-state index contributed by atoms with van der Waals surface area (Å²) in [6, 6.07) is 13.5. The fraction of sp³-hybridized carbons (Fsp3) is 0.176. The van der Waals surface area contributed by atoms with E-state index in [9.17, 15) is 9.59 Å².